The van der Waals surface area contributed by atoms with Crippen LogP contribution in [-0.2, 0) is 4.79 Å². The summed E-state index contributed by atoms with van der Waals surface area (Å²) in [4.78, 5) is 31.2. The van der Waals surface area contributed by atoms with Crippen LogP contribution < -0.4 is 5.32 Å². The Bertz CT molecular complexity index is 1200. The van der Waals surface area contributed by atoms with E-state index >= 15 is 0 Å². The summed E-state index contributed by atoms with van der Waals surface area (Å²) in [5.41, 5.74) is 4.71. The Labute approximate surface area is 165 Å². The lowest BCUT2D eigenvalue weighted by Gasteiger charge is -2.05. The largest absolute Gasteiger partial charge is 0.338 e. The third-order valence-corrected chi connectivity index (χ3v) is 5.10. The first-order valence-electron chi connectivity index (χ1n) is 8.66. The lowest BCUT2D eigenvalue weighted by Crippen LogP contribution is -2.14. The molecule has 28 heavy (non-hydrogen) atoms. The van der Waals surface area contributed by atoms with E-state index < -0.39 is 0 Å². The molecule has 4 rings (SSSR count). The number of nitrogens with one attached hydrogen (secondary N) is 2. The number of fused-ring (bicyclic) bond motifs is 3. The molecular formula is C20H17N5O2S. The van der Waals surface area contributed by atoms with Gasteiger partial charge in [0.15, 0.2) is 11.4 Å². The minimum Gasteiger partial charge on any atom is -0.338 e. The van der Waals surface area contributed by atoms with Crippen LogP contribution in [-0.4, -0.2) is 37.6 Å². The van der Waals surface area contributed by atoms with Crippen molar-refractivity contribution in [3.8, 4) is 0 Å². The topological polar surface area (TPSA) is 101 Å². The molecule has 2 heterocycles. The molecule has 0 aliphatic heterocycles. The van der Waals surface area contributed by atoms with Gasteiger partial charge in [-0.1, -0.05) is 23.4 Å². The summed E-state index contributed by atoms with van der Waals surface area (Å²) in [5, 5.41) is 12.6. The molecule has 1 amide bonds. The number of amides is 1. The van der Waals surface area contributed by atoms with Crippen LogP contribution in [0, 0.1) is 6.92 Å². The van der Waals surface area contributed by atoms with Gasteiger partial charge in [0.25, 0.3) is 0 Å². The molecule has 0 aliphatic rings. The standard InChI is InChI=1S/C20H17N5O2S/c1-11-3-8-16-15(9-11)18-19(22-16)23-20(25-24-18)28-10-17(27)21-14-6-4-13(5-7-14)12(2)26/h3-9H,10H2,1-2H3,(H,21,27)(H,22,23,25). The van der Waals surface area contributed by atoms with Crippen molar-refractivity contribution in [2.45, 2.75) is 19.0 Å². The van der Waals surface area contributed by atoms with Gasteiger partial charge in [0.2, 0.25) is 11.1 Å². The zero-order valence-corrected chi connectivity index (χ0v) is 16.1. The smallest absolute Gasteiger partial charge is 0.234 e. The summed E-state index contributed by atoms with van der Waals surface area (Å²) in [6.07, 6.45) is 0. The number of rotatable bonds is 5. The highest BCUT2D eigenvalue weighted by Gasteiger charge is 2.11. The summed E-state index contributed by atoms with van der Waals surface area (Å²) in [6, 6.07) is 12.8. The fourth-order valence-corrected chi connectivity index (χ4v) is 3.43. The molecule has 0 aliphatic carbocycles. The first-order valence-corrected chi connectivity index (χ1v) is 9.64. The molecule has 0 spiro atoms. The SMILES string of the molecule is CC(=O)c1ccc(NC(=O)CSc2nnc3c(n2)[nH]c2ccc(C)cc23)cc1. The van der Waals surface area contributed by atoms with Crippen molar-refractivity contribution in [2.75, 3.05) is 11.1 Å². The summed E-state index contributed by atoms with van der Waals surface area (Å²) >= 11 is 1.21. The highest BCUT2D eigenvalue weighted by molar-refractivity contribution is 7.99. The van der Waals surface area contributed by atoms with E-state index in [9.17, 15) is 9.59 Å². The molecule has 8 heteroatoms. The number of benzene rings is 2. The van der Waals surface area contributed by atoms with Crippen molar-refractivity contribution in [3.63, 3.8) is 0 Å². The van der Waals surface area contributed by atoms with Crippen molar-refractivity contribution < 1.29 is 9.59 Å². The molecule has 0 fully saturated rings. The van der Waals surface area contributed by atoms with E-state index in [2.05, 4.69) is 25.5 Å². The van der Waals surface area contributed by atoms with Crippen molar-refractivity contribution in [2.24, 2.45) is 0 Å². The first kappa shape index (κ1) is 18.1. The Morgan fingerprint density at radius 2 is 1.89 bits per heavy atom. The molecule has 0 saturated heterocycles. The molecule has 0 atom stereocenters. The average molecular weight is 391 g/mol. The van der Waals surface area contributed by atoms with Gasteiger partial charge in [-0.15, -0.1) is 10.2 Å². The number of aromatic nitrogens is 4. The number of hydrogen-bond acceptors (Lipinski definition) is 6. The van der Waals surface area contributed by atoms with Crippen molar-refractivity contribution >= 4 is 51.2 Å². The number of hydrogen-bond donors (Lipinski definition) is 2. The third-order valence-electron chi connectivity index (χ3n) is 4.26. The van der Waals surface area contributed by atoms with Crippen LogP contribution in [0.1, 0.15) is 22.8 Å². The number of anilines is 1. The minimum absolute atomic E-state index is 0.0133. The second kappa shape index (κ2) is 7.40. The lowest BCUT2D eigenvalue weighted by atomic mass is 10.1. The molecule has 0 radical (unpaired) electrons. The van der Waals surface area contributed by atoms with Gasteiger partial charge in [-0.3, -0.25) is 9.59 Å². The van der Waals surface area contributed by atoms with E-state index in [-0.39, 0.29) is 17.4 Å². The molecule has 2 aromatic carbocycles. The van der Waals surface area contributed by atoms with E-state index in [4.69, 9.17) is 0 Å². The number of aromatic amines is 1. The zero-order chi connectivity index (χ0) is 19.7. The van der Waals surface area contributed by atoms with Crippen LogP contribution in [0.5, 0.6) is 0 Å². The third kappa shape index (κ3) is 3.72. The van der Waals surface area contributed by atoms with E-state index in [0.717, 1.165) is 22.0 Å². The normalized spacial score (nSPS) is 11.1. The van der Waals surface area contributed by atoms with Crippen LogP contribution >= 0.6 is 11.8 Å². The monoisotopic (exact) mass is 391 g/mol. The fourth-order valence-electron chi connectivity index (χ4n) is 2.85. The Morgan fingerprint density at radius 3 is 2.64 bits per heavy atom. The Kier molecular flexibility index (Phi) is 4.79. The van der Waals surface area contributed by atoms with Crippen molar-refractivity contribution in [1.82, 2.24) is 20.2 Å². The molecule has 2 N–H and O–H groups in total. The molecule has 2 aromatic heterocycles. The first-order chi connectivity index (χ1) is 13.5. The number of aryl methyl sites for hydroxylation is 1. The van der Waals surface area contributed by atoms with E-state index in [0.29, 0.717) is 22.1 Å². The van der Waals surface area contributed by atoms with E-state index in [1.807, 2.05) is 25.1 Å². The maximum atomic E-state index is 12.2. The van der Waals surface area contributed by atoms with Crippen LogP contribution in [0.15, 0.2) is 47.6 Å². The lowest BCUT2D eigenvalue weighted by molar-refractivity contribution is -0.113. The number of thioether (sulfide) groups is 1. The summed E-state index contributed by atoms with van der Waals surface area (Å²) < 4.78 is 0. The second-order valence-corrected chi connectivity index (χ2v) is 7.38. The van der Waals surface area contributed by atoms with Gasteiger partial charge < -0.3 is 10.3 Å². The van der Waals surface area contributed by atoms with Gasteiger partial charge >= 0.3 is 0 Å². The van der Waals surface area contributed by atoms with Gasteiger partial charge in [0.1, 0.15) is 5.52 Å². The maximum absolute atomic E-state index is 12.2. The van der Waals surface area contributed by atoms with Crippen LogP contribution in [0.2, 0.25) is 0 Å². The van der Waals surface area contributed by atoms with Gasteiger partial charge in [-0.05, 0) is 50.2 Å². The molecule has 140 valence electrons. The number of carbonyl (C=O) groups excluding carboxylic acids is 2. The highest BCUT2D eigenvalue weighted by atomic mass is 32.2. The maximum Gasteiger partial charge on any atom is 0.234 e. The fraction of sp³-hybridized carbons (Fsp3) is 0.150. The minimum atomic E-state index is -0.184. The molecule has 4 aromatic rings. The number of Topliss-reactive ketones (excluding diaryl/α,β-unsaturated/α-hetero) is 1. The molecule has 0 unspecified atom stereocenters. The summed E-state index contributed by atoms with van der Waals surface area (Å²) in [7, 11) is 0. The Morgan fingerprint density at radius 1 is 1.11 bits per heavy atom. The van der Waals surface area contributed by atoms with E-state index in [1.54, 1.807) is 24.3 Å². The second-order valence-electron chi connectivity index (χ2n) is 6.44. The van der Waals surface area contributed by atoms with E-state index in [1.165, 1.54) is 18.7 Å². The van der Waals surface area contributed by atoms with Crippen molar-refractivity contribution in [1.29, 1.82) is 0 Å². The van der Waals surface area contributed by atoms with Gasteiger partial charge in [-0.25, -0.2) is 4.98 Å². The molecule has 0 bridgehead atoms. The number of nitrogens with zero attached hydrogens (tertiary/aromatic N) is 3. The van der Waals surface area contributed by atoms with Gasteiger partial charge in [-0.2, -0.15) is 0 Å². The predicted molar refractivity (Wildman–Crippen MR) is 110 cm³/mol. The zero-order valence-electron chi connectivity index (χ0n) is 15.3. The number of ketones is 1. The van der Waals surface area contributed by atoms with Gasteiger partial charge in [0.05, 0.1) is 5.75 Å². The van der Waals surface area contributed by atoms with Gasteiger partial charge in [0, 0.05) is 22.2 Å². The quantitative estimate of drug-likeness (QED) is 0.397. The van der Waals surface area contributed by atoms with Crippen LogP contribution in [0.3, 0.4) is 0 Å². The molecule has 0 saturated carbocycles. The Balaban J connectivity index is 1.44. The van der Waals surface area contributed by atoms with Crippen molar-refractivity contribution in [3.05, 3.63) is 53.6 Å². The van der Waals surface area contributed by atoms with Crippen LogP contribution in [0.25, 0.3) is 22.1 Å². The van der Waals surface area contributed by atoms with Crippen LogP contribution in [0.4, 0.5) is 5.69 Å². The summed E-state index contributed by atoms with van der Waals surface area (Å²) in [6.45, 7) is 3.53. The number of carbonyl (C=O) groups is 2. The highest BCUT2D eigenvalue weighted by Crippen LogP contribution is 2.24. The number of H-pyrrole nitrogens is 1. The molecule has 7 nitrogen and oxygen atoms in total. The predicted octanol–water partition coefficient (Wildman–Crippen LogP) is 3.75. The average Bonchev–Trinajstić information content (AvgIpc) is 3.04. The Hall–Kier alpha value is -3.26. The molecular weight excluding hydrogens is 374 g/mol. The summed E-state index contributed by atoms with van der Waals surface area (Å²) in [5.74, 6) is -0.0433.